The normalized spacial score (nSPS) is 10.3. The van der Waals surface area contributed by atoms with Gasteiger partial charge in [-0.25, -0.2) is 0 Å². The van der Waals surface area contributed by atoms with E-state index in [1.807, 2.05) is 60.7 Å². The zero-order valence-electron chi connectivity index (χ0n) is 18.8. The largest absolute Gasteiger partial charge is 0.490 e. The summed E-state index contributed by atoms with van der Waals surface area (Å²) in [6.45, 7) is 3.49. The highest BCUT2D eigenvalue weighted by Gasteiger charge is 2.18. The Morgan fingerprint density at radius 1 is 0.788 bits per heavy atom. The van der Waals surface area contributed by atoms with Gasteiger partial charge in [0.2, 0.25) is 0 Å². The van der Waals surface area contributed by atoms with Crippen molar-refractivity contribution in [3.8, 4) is 11.5 Å². The standard InChI is InChI=1S/C27H29NO5/c1-2-31-26(29)16-17-28(21-22-10-5-3-6-11-22)27(30)23-12-9-15-25(20-23)33-19-18-32-24-13-7-4-8-14-24/h3-15,20H,2,16-19,21H2,1H3. The minimum atomic E-state index is -0.320. The van der Waals surface area contributed by atoms with Crippen LogP contribution in [-0.2, 0) is 16.1 Å². The third-order valence-corrected chi connectivity index (χ3v) is 4.84. The maximum absolute atomic E-state index is 13.3. The summed E-state index contributed by atoms with van der Waals surface area (Å²) in [5.41, 5.74) is 1.48. The van der Waals surface area contributed by atoms with E-state index in [0.717, 1.165) is 11.3 Å². The maximum Gasteiger partial charge on any atom is 0.307 e. The molecule has 6 heteroatoms. The topological polar surface area (TPSA) is 65.1 Å². The maximum atomic E-state index is 13.3. The Bertz CT molecular complexity index is 1010. The van der Waals surface area contributed by atoms with Crippen molar-refractivity contribution in [3.05, 3.63) is 96.1 Å². The summed E-state index contributed by atoms with van der Waals surface area (Å²) in [5.74, 6) is 0.874. The smallest absolute Gasteiger partial charge is 0.307 e. The number of para-hydroxylation sites is 1. The van der Waals surface area contributed by atoms with Crippen molar-refractivity contribution in [2.75, 3.05) is 26.4 Å². The van der Waals surface area contributed by atoms with E-state index in [1.54, 1.807) is 36.1 Å². The van der Waals surface area contributed by atoms with Gasteiger partial charge < -0.3 is 19.1 Å². The highest BCUT2D eigenvalue weighted by Crippen LogP contribution is 2.17. The molecule has 172 valence electrons. The van der Waals surface area contributed by atoms with Gasteiger partial charge in [-0.05, 0) is 42.8 Å². The second-order valence-electron chi connectivity index (χ2n) is 7.31. The van der Waals surface area contributed by atoms with Gasteiger partial charge in [0.05, 0.1) is 13.0 Å². The molecule has 0 radical (unpaired) electrons. The molecule has 3 rings (SSSR count). The van der Waals surface area contributed by atoms with Crippen LogP contribution in [-0.4, -0.2) is 43.1 Å². The number of nitrogens with zero attached hydrogens (tertiary/aromatic N) is 1. The van der Waals surface area contributed by atoms with Gasteiger partial charge in [-0.2, -0.15) is 0 Å². The molecule has 0 atom stereocenters. The van der Waals surface area contributed by atoms with Crippen LogP contribution in [0.15, 0.2) is 84.9 Å². The Morgan fingerprint density at radius 2 is 1.42 bits per heavy atom. The fraction of sp³-hybridized carbons (Fsp3) is 0.259. The average Bonchev–Trinajstić information content (AvgIpc) is 2.85. The van der Waals surface area contributed by atoms with Crippen molar-refractivity contribution in [3.63, 3.8) is 0 Å². The lowest BCUT2D eigenvalue weighted by Crippen LogP contribution is -2.33. The Hall–Kier alpha value is -3.80. The summed E-state index contributed by atoms with van der Waals surface area (Å²) in [6.07, 6.45) is 0.138. The van der Waals surface area contributed by atoms with Gasteiger partial charge in [0.15, 0.2) is 0 Å². The van der Waals surface area contributed by atoms with Crippen molar-refractivity contribution in [2.24, 2.45) is 0 Å². The number of rotatable bonds is 12. The van der Waals surface area contributed by atoms with Crippen molar-refractivity contribution in [2.45, 2.75) is 19.9 Å². The molecule has 0 fully saturated rings. The summed E-state index contributed by atoms with van der Waals surface area (Å²) < 4.78 is 16.4. The SMILES string of the molecule is CCOC(=O)CCN(Cc1ccccc1)C(=O)c1cccc(OCCOc2ccccc2)c1. The van der Waals surface area contributed by atoms with Crippen molar-refractivity contribution in [1.29, 1.82) is 0 Å². The molecule has 0 saturated heterocycles. The molecule has 33 heavy (non-hydrogen) atoms. The lowest BCUT2D eigenvalue weighted by molar-refractivity contribution is -0.143. The number of hydrogen-bond acceptors (Lipinski definition) is 5. The molecule has 1 amide bonds. The van der Waals surface area contributed by atoms with Crippen molar-refractivity contribution < 1.29 is 23.8 Å². The first kappa shape index (κ1) is 23.9. The second kappa shape index (κ2) is 12.9. The number of amides is 1. The van der Waals surface area contributed by atoms with E-state index in [-0.39, 0.29) is 24.8 Å². The molecule has 0 aliphatic heterocycles. The molecule has 0 heterocycles. The number of ether oxygens (including phenoxy) is 3. The van der Waals surface area contributed by atoms with Crippen LogP contribution in [0, 0.1) is 0 Å². The van der Waals surface area contributed by atoms with Crippen LogP contribution in [0.4, 0.5) is 0 Å². The van der Waals surface area contributed by atoms with E-state index in [2.05, 4.69) is 0 Å². The summed E-state index contributed by atoms with van der Waals surface area (Å²) >= 11 is 0. The number of esters is 1. The number of hydrogen-bond donors (Lipinski definition) is 0. The van der Waals surface area contributed by atoms with Crippen LogP contribution >= 0.6 is 0 Å². The van der Waals surface area contributed by atoms with Gasteiger partial charge >= 0.3 is 5.97 Å². The third kappa shape index (κ3) is 8.00. The molecule has 3 aromatic rings. The van der Waals surface area contributed by atoms with Crippen LogP contribution in [0.5, 0.6) is 11.5 Å². The monoisotopic (exact) mass is 447 g/mol. The van der Waals surface area contributed by atoms with Gasteiger partial charge in [-0.15, -0.1) is 0 Å². The Morgan fingerprint density at radius 3 is 2.12 bits per heavy atom. The predicted octanol–water partition coefficient (Wildman–Crippen LogP) is 4.74. The lowest BCUT2D eigenvalue weighted by atomic mass is 10.1. The molecule has 0 bridgehead atoms. The Kier molecular flexibility index (Phi) is 9.33. The van der Waals surface area contributed by atoms with Gasteiger partial charge in [0.25, 0.3) is 5.91 Å². The molecule has 0 N–H and O–H groups in total. The fourth-order valence-corrected chi connectivity index (χ4v) is 3.25. The molecule has 6 nitrogen and oxygen atoms in total. The molecular weight excluding hydrogens is 418 g/mol. The first-order valence-corrected chi connectivity index (χ1v) is 11.0. The molecule has 0 spiro atoms. The van der Waals surface area contributed by atoms with Gasteiger partial charge in [0, 0.05) is 18.7 Å². The van der Waals surface area contributed by atoms with Gasteiger partial charge in [-0.3, -0.25) is 9.59 Å². The first-order chi connectivity index (χ1) is 16.2. The van der Waals surface area contributed by atoms with Crippen molar-refractivity contribution >= 4 is 11.9 Å². The summed E-state index contributed by atoms with van der Waals surface area (Å²) in [7, 11) is 0. The van der Waals surface area contributed by atoms with Crippen molar-refractivity contribution in [1.82, 2.24) is 4.90 Å². The minimum absolute atomic E-state index is 0.138. The van der Waals surface area contributed by atoms with E-state index in [9.17, 15) is 9.59 Å². The molecule has 0 saturated carbocycles. The van der Waals surface area contributed by atoms with E-state index in [4.69, 9.17) is 14.2 Å². The lowest BCUT2D eigenvalue weighted by Gasteiger charge is -2.23. The number of carbonyl (C=O) groups is 2. The van der Waals surface area contributed by atoms with E-state index >= 15 is 0 Å². The predicted molar refractivity (Wildman–Crippen MR) is 126 cm³/mol. The second-order valence-corrected chi connectivity index (χ2v) is 7.31. The van der Waals surface area contributed by atoms with E-state index < -0.39 is 0 Å². The Balaban J connectivity index is 1.62. The van der Waals surface area contributed by atoms with Gasteiger partial charge in [-0.1, -0.05) is 54.6 Å². The Labute approximate surface area is 194 Å². The number of benzene rings is 3. The van der Waals surface area contributed by atoms with Crippen LogP contribution < -0.4 is 9.47 Å². The molecule has 0 unspecified atom stereocenters. The third-order valence-electron chi connectivity index (χ3n) is 4.84. The molecule has 0 aromatic heterocycles. The first-order valence-electron chi connectivity index (χ1n) is 11.0. The molecule has 0 aliphatic rings. The highest BCUT2D eigenvalue weighted by atomic mass is 16.5. The van der Waals surface area contributed by atoms with E-state index in [1.165, 1.54) is 0 Å². The average molecular weight is 448 g/mol. The van der Waals surface area contributed by atoms with Gasteiger partial charge in [0.1, 0.15) is 24.7 Å². The highest BCUT2D eigenvalue weighted by molar-refractivity contribution is 5.94. The minimum Gasteiger partial charge on any atom is -0.490 e. The quantitative estimate of drug-likeness (QED) is 0.296. The fourth-order valence-electron chi connectivity index (χ4n) is 3.25. The summed E-state index contributed by atoms with van der Waals surface area (Å²) in [5, 5.41) is 0. The molecular formula is C27H29NO5. The zero-order chi connectivity index (χ0) is 23.3. The molecule has 0 aliphatic carbocycles. The van der Waals surface area contributed by atoms with Crippen LogP contribution in [0.3, 0.4) is 0 Å². The number of carbonyl (C=O) groups excluding carboxylic acids is 2. The summed E-state index contributed by atoms with van der Waals surface area (Å²) in [4.78, 5) is 26.8. The zero-order valence-corrected chi connectivity index (χ0v) is 18.8. The molecule has 3 aromatic carbocycles. The van der Waals surface area contributed by atoms with Crippen LogP contribution in [0.2, 0.25) is 0 Å². The van der Waals surface area contributed by atoms with Crippen LogP contribution in [0.1, 0.15) is 29.3 Å². The van der Waals surface area contributed by atoms with E-state index in [0.29, 0.717) is 37.7 Å². The van der Waals surface area contributed by atoms with Crippen LogP contribution in [0.25, 0.3) is 0 Å². The summed E-state index contributed by atoms with van der Waals surface area (Å²) in [6, 6.07) is 26.3.